The molecule has 1 aromatic heterocycles. The van der Waals surface area contributed by atoms with Crippen LogP contribution in [0.1, 0.15) is 40.4 Å². The van der Waals surface area contributed by atoms with Gasteiger partial charge in [-0.15, -0.1) is 0 Å². The van der Waals surface area contributed by atoms with Gasteiger partial charge in [0.25, 0.3) is 0 Å². The molecular weight excluding hydrogens is 352 g/mol. The summed E-state index contributed by atoms with van der Waals surface area (Å²) in [5.74, 6) is 1.41. The normalized spacial score (nSPS) is 13.9. The van der Waals surface area contributed by atoms with E-state index in [0.29, 0.717) is 28.3 Å². The quantitative estimate of drug-likeness (QED) is 0.872. The Kier molecular flexibility index (Phi) is 4.81. The molecule has 0 saturated carbocycles. The minimum atomic E-state index is 0.142. The average molecular weight is 372 g/mol. The Labute approximate surface area is 164 Å². The first kappa shape index (κ1) is 19.0. The van der Waals surface area contributed by atoms with Crippen molar-refractivity contribution in [1.82, 2.24) is 4.98 Å². The highest BCUT2D eigenvalue weighted by Gasteiger charge is 2.29. The first-order chi connectivity index (χ1) is 13.4. The van der Waals surface area contributed by atoms with Gasteiger partial charge in [-0.3, -0.25) is 0 Å². The monoisotopic (exact) mass is 372 g/mol. The molecule has 6 heteroatoms. The lowest BCUT2D eigenvalue weighted by molar-refractivity contribution is 0.354. The number of aromatic nitrogens is 1. The molecule has 2 aromatic rings. The number of benzene rings is 1. The van der Waals surface area contributed by atoms with Crippen LogP contribution in [0.5, 0.6) is 11.5 Å². The molecule has 0 unspecified atom stereocenters. The van der Waals surface area contributed by atoms with E-state index >= 15 is 0 Å². The van der Waals surface area contributed by atoms with Crippen LogP contribution in [-0.4, -0.2) is 19.2 Å². The largest absolute Gasteiger partial charge is 0.493 e. The summed E-state index contributed by atoms with van der Waals surface area (Å²) in [6, 6.07) is 8.14. The molecule has 1 aliphatic rings. The maximum Gasteiger partial charge on any atom is 0.161 e. The third kappa shape index (κ3) is 2.76. The minimum Gasteiger partial charge on any atom is -0.493 e. The molecule has 0 radical (unpaired) electrons. The number of hydrogen-bond donors (Lipinski definition) is 1. The molecule has 0 amide bonds. The summed E-state index contributed by atoms with van der Waals surface area (Å²) in [5.41, 5.74) is 12.3. The molecule has 0 bridgehead atoms. The molecule has 1 heterocycles. The standard InChI is InChI=1S/C22H20N4O2/c1-11-6-18(27-4)19(28-5)8-14(11)7-15-12(2)16(9-23)21-20(15)13(3)17(10-24)22(25)26-21/h6-8H,1-5H3,(H2,25,26)/b15-7-. The fourth-order valence-corrected chi connectivity index (χ4v) is 3.50. The van der Waals surface area contributed by atoms with Crippen molar-refractivity contribution in [3.63, 3.8) is 0 Å². The zero-order valence-electron chi connectivity index (χ0n) is 16.5. The van der Waals surface area contributed by atoms with E-state index in [4.69, 9.17) is 15.2 Å². The SMILES string of the molecule is COc1cc(C)c(/C=C2/C(C)=C(C#N)c3nc(N)c(C#N)c(C)c32)cc1OC. The number of nitrogens with zero attached hydrogens (tertiary/aromatic N) is 3. The predicted octanol–water partition coefficient (Wildman–Crippen LogP) is 4.02. The topological polar surface area (TPSA) is 105 Å². The number of allylic oxidation sites excluding steroid dienone is 3. The van der Waals surface area contributed by atoms with E-state index in [0.717, 1.165) is 33.4 Å². The Balaban J connectivity index is 2.32. The van der Waals surface area contributed by atoms with Crippen LogP contribution in [0.4, 0.5) is 5.82 Å². The van der Waals surface area contributed by atoms with Gasteiger partial charge in [-0.25, -0.2) is 4.98 Å². The Morgan fingerprint density at radius 1 is 1.04 bits per heavy atom. The number of nitrogen functional groups attached to an aromatic ring is 1. The van der Waals surface area contributed by atoms with Gasteiger partial charge in [0.05, 0.1) is 31.1 Å². The molecule has 1 aromatic carbocycles. The van der Waals surface area contributed by atoms with Crippen molar-refractivity contribution in [3.05, 3.63) is 51.2 Å². The second-order valence-electron chi connectivity index (χ2n) is 6.57. The summed E-state index contributed by atoms with van der Waals surface area (Å²) in [6.45, 7) is 5.69. The van der Waals surface area contributed by atoms with Crippen LogP contribution in [0.2, 0.25) is 0 Å². The molecule has 140 valence electrons. The second-order valence-corrected chi connectivity index (χ2v) is 6.57. The van der Waals surface area contributed by atoms with Crippen molar-refractivity contribution in [2.45, 2.75) is 20.8 Å². The number of rotatable bonds is 3. The first-order valence-electron chi connectivity index (χ1n) is 8.64. The third-order valence-corrected chi connectivity index (χ3v) is 5.06. The van der Waals surface area contributed by atoms with E-state index in [1.165, 1.54) is 0 Å². The molecule has 0 spiro atoms. The van der Waals surface area contributed by atoms with Crippen molar-refractivity contribution in [2.24, 2.45) is 0 Å². The van der Waals surface area contributed by atoms with E-state index in [1.807, 2.05) is 39.0 Å². The second kappa shape index (κ2) is 7.09. The van der Waals surface area contributed by atoms with E-state index < -0.39 is 0 Å². The fraction of sp³-hybridized carbons (Fsp3) is 0.227. The van der Waals surface area contributed by atoms with Crippen LogP contribution >= 0.6 is 0 Å². The van der Waals surface area contributed by atoms with Gasteiger partial charge in [-0.1, -0.05) is 0 Å². The van der Waals surface area contributed by atoms with Crippen LogP contribution in [0.3, 0.4) is 0 Å². The summed E-state index contributed by atoms with van der Waals surface area (Å²) in [5, 5.41) is 19.1. The van der Waals surface area contributed by atoms with E-state index in [2.05, 4.69) is 17.1 Å². The molecule has 1 aliphatic carbocycles. The van der Waals surface area contributed by atoms with Crippen LogP contribution in [0, 0.1) is 36.5 Å². The number of nitriles is 2. The first-order valence-corrected chi connectivity index (χ1v) is 8.64. The lowest BCUT2D eigenvalue weighted by Gasteiger charge is -2.13. The maximum atomic E-state index is 9.66. The van der Waals surface area contributed by atoms with E-state index in [-0.39, 0.29) is 5.82 Å². The van der Waals surface area contributed by atoms with Crippen molar-refractivity contribution in [2.75, 3.05) is 20.0 Å². The molecule has 0 fully saturated rings. The average Bonchev–Trinajstić information content (AvgIpc) is 2.94. The number of fused-ring (bicyclic) bond motifs is 1. The van der Waals surface area contributed by atoms with Crippen LogP contribution in [-0.2, 0) is 0 Å². The fourth-order valence-electron chi connectivity index (χ4n) is 3.50. The van der Waals surface area contributed by atoms with Gasteiger partial charge in [-0.2, -0.15) is 10.5 Å². The van der Waals surface area contributed by atoms with Crippen molar-refractivity contribution >= 4 is 23.0 Å². The van der Waals surface area contributed by atoms with Crippen molar-refractivity contribution in [3.8, 4) is 23.6 Å². The van der Waals surface area contributed by atoms with Crippen LogP contribution < -0.4 is 15.2 Å². The van der Waals surface area contributed by atoms with Gasteiger partial charge in [0, 0.05) is 5.56 Å². The van der Waals surface area contributed by atoms with Crippen molar-refractivity contribution < 1.29 is 9.47 Å². The van der Waals surface area contributed by atoms with Gasteiger partial charge in [0.15, 0.2) is 11.5 Å². The number of aryl methyl sites for hydroxylation is 1. The molecule has 0 aliphatic heterocycles. The Bertz CT molecular complexity index is 1140. The van der Waals surface area contributed by atoms with Gasteiger partial charge in [0.2, 0.25) is 0 Å². The molecule has 0 atom stereocenters. The Morgan fingerprint density at radius 2 is 1.68 bits per heavy atom. The number of ether oxygens (including phenoxy) is 2. The van der Waals surface area contributed by atoms with E-state index in [1.54, 1.807) is 14.2 Å². The van der Waals surface area contributed by atoms with Gasteiger partial charge in [-0.05, 0) is 66.8 Å². The van der Waals surface area contributed by atoms with Gasteiger partial charge < -0.3 is 15.2 Å². The lowest BCUT2D eigenvalue weighted by Crippen LogP contribution is -2.03. The number of pyridine rings is 1. The lowest BCUT2D eigenvalue weighted by atomic mass is 9.94. The summed E-state index contributed by atoms with van der Waals surface area (Å²) in [7, 11) is 3.18. The number of hydrogen-bond acceptors (Lipinski definition) is 6. The molecular formula is C22H20N4O2. The molecule has 2 N–H and O–H groups in total. The Hall–Kier alpha value is -3.77. The van der Waals surface area contributed by atoms with Gasteiger partial charge in [0.1, 0.15) is 18.0 Å². The molecule has 28 heavy (non-hydrogen) atoms. The number of anilines is 1. The third-order valence-electron chi connectivity index (χ3n) is 5.06. The Morgan fingerprint density at radius 3 is 2.25 bits per heavy atom. The number of nitrogens with two attached hydrogens (primary N) is 1. The summed E-state index contributed by atoms with van der Waals surface area (Å²) < 4.78 is 10.8. The minimum absolute atomic E-state index is 0.142. The summed E-state index contributed by atoms with van der Waals surface area (Å²) in [6.07, 6.45) is 1.99. The highest BCUT2D eigenvalue weighted by molar-refractivity contribution is 6.08. The van der Waals surface area contributed by atoms with Crippen LogP contribution in [0.25, 0.3) is 17.2 Å². The van der Waals surface area contributed by atoms with E-state index in [9.17, 15) is 10.5 Å². The molecule has 0 saturated heterocycles. The highest BCUT2D eigenvalue weighted by atomic mass is 16.5. The molecule has 3 rings (SSSR count). The number of methoxy groups -OCH3 is 2. The van der Waals surface area contributed by atoms with Gasteiger partial charge >= 0.3 is 0 Å². The smallest absolute Gasteiger partial charge is 0.161 e. The maximum absolute atomic E-state index is 9.66. The molecule has 6 nitrogen and oxygen atoms in total. The van der Waals surface area contributed by atoms with Crippen molar-refractivity contribution in [1.29, 1.82) is 10.5 Å². The highest BCUT2D eigenvalue weighted by Crippen LogP contribution is 2.44. The zero-order chi connectivity index (χ0) is 20.6. The van der Waals surface area contributed by atoms with Crippen LogP contribution in [0.15, 0.2) is 17.7 Å². The summed E-state index contributed by atoms with van der Waals surface area (Å²) >= 11 is 0. The summed E-state index contributed by atoms with van der Waals surface area (Å²) in [4.78, 5) is 4.35. The zero-order valence-corrected chi connectivity index (χ0v) is 16.5. The predicted molar refractivity (Wildman–Crippen MR) is 108 cm³/mol.